The van der Waals surface area contributed by atoms with Crippen molar-refractivity contribution in [1.82, 2.24) is 9.97 Å². The molecule has 0 bridgehead atoms. The van der Waals surface area contributed by atoms with Crippen molar-refractivity contribution in [3.8, 4) is 0 Å². The van der Waals surface area contributed by atoms with Crippen LogP contribution in [0.3, 0.4) is 0 Å². The summed E-state index contributed by atoms with van der Waals surface area (Å²) in [6.45, 7) is 6.60. The second kappa shape index (κ2) is 7.36. The topological polar surface area (TPSA) is 127 Å². The van der Waals surface area contributed by atoms with Gasteiger partial charge in [-0.25, -0.2) is 4.98 Å². The number of hydrogen-bond donors (Lipinski definition) is 2. The van der Waals surface area contributed by atoms with Crippen LogP contribution in [0.25, 0.3) is 0 Å². The van der Waals surface area contributed by atoms with Crippen molar-refractivity contribution < 1.29 is 9.72 Å². The van der Waals surface area contributed by atoms with Gasteiger partial charge in [-0.15, -0.1) is 0 Å². The fraction of sp³-hybridized carbons (Fsp3) is 0.583. The fourth-order valence-corrected chi connectivity index (χ4v) is 1.83. The molecule has 0 aromatic carbocycles. The van der Waals surface area contributed by atoms with Crippen LogP contribution in [0.15, 0.2) is 6.20 Å². The number of nitro groups is 1. The number of primary amides is 1. The highest BCUT2D eigenvalue weighted by molar-refractivity contribution is 5.80. The van der Waals surface area contributed by atoms with E-state index in [1.807, 2.05) is 20.8 Å². The molecule has 1 aromatic rings. The second-order valence-electron chi connectivity index (χ2n) is 4.93. The van der Waals surface area contributed by atoms with Gasteiger partial charge in [-0.3, -0.25) is 14.9 Å². The van der Waals surface area contributed by atoms with E-state index in [1.54, 1.807) is 0 Å². The van der Waals surface area contributed by atoms with Gasteiger partial charge in [-0.1, -0.05) is 13.8 Å². The third-order valence-electron chi connectivity index (χ3n) is 2.51. The molecular weight excluding hydrogens is 276 g/mol. The average molecular weight is 296 g/mol. The first-order valence-corrected chi connectivity index (χ1v) is 6.63. The Morgan fingerprint density at radius 1 is 1.57 bits per heavy atom. The number of amides is 1. The highest BCUT2D eigenvalue weighted by Gasteiger charge is 2.24. The van der Waals surface area contributed by atoms with E-state index in [1.165, 1.54) is 4.90 Å². The van der Waals surface area contributed by atoms with Crippen molar-refractivity contribution in [2.45, 2.75) is 20.8 Å². The molecule has 0 aliphatic rings. The number of nitrogens with one attached hydrogen (secondary N) is 1. The standard InChI is InChI=1S/C12H20N6O3/c1-4-14-12-15-5-9(18(20)21)11(16-12)17(6-8(2)3)7-10(13)19/h5,8H,4,6-7H2,1-3H3,(H2,13,19)(H,14,15,16). The fourth-order valence-electron chi connectivity index (χ4n) is 1.83. The van der Waals surface area contributed by atoms with Crippen LogP contribution in [0.1, 0.15) is 20.8 Å². The summed E-state index contributed by atoms with van der Waals surface area (Å²) in [5.41, 5.74) is 4.97. The van der Waals surface area contributed by atoms with Crippen LogP contribution in [-0.2, 0) is 4.79 Å². The number of hydrogen-bond acceptors (Lipinski definition) is 7. The largest absolute Gasteiger partial charge is 0.368 e. The van der Waals surface area contributed by atoms with Crippen LogP contribution in [-0.4, -0.2) is 40.4 Å². The van der Waals surface area contributed by atoms with Crippen LogP contribution in [0.5, 0.6) is 0 Å². The Hall–Kier alpha value is -2.45. The number of carbonyl (C=O) groups is 1. The molecule has 1 heterocycles. The summed E-state index contributed by atoms with van der Waals surface area (Å²) in [6, 6.07) is 0. The van der Waals surface area contributed by atoms with E-state index in [4.69, 9.17) is 5.73 Å². The summed E-state index contributed by atoms with van der Waals surface area (Å²) in [6.07, 6.45) is 1.13. The first kappa shape index (κ1) is 16.6. The van der Waals surface area contributed by atoms with Crippen LogP contribution < -0.4 is 16.0 Å². The van der Waals surface area contributed by atoms with Gasteiger partial charge in [0.05, 0.1) is 11.5 Å². The number of nitrogens with zero attached hydrogens (tertiary/aromatic N) is 4. The lowest BCUT2D eigenvalue weighted by atomic mass is 10.2. The molecule has 0 unspecified atom stereocenters. The van der Waals surface area contributed by atoms with Crippen LogP contribution in [0, 0.1) is 16.0 Å². The highest BCUT2D eigenvalue weighted by Crippen LogP contribution is 2.26. The van der Waals surface area contributed by atoms with Gasteiger partial charge >= 0.3 is 5.69 Å². The molecule has 3 N–H and O–H groups in total. The maximum Gasteiger partial charge on any atom is 0.329 e. The molecule has 0 aliphatic carbocycles. The zero-order valence-electron chi connectivity index (χ0n) is 12.4. The first-order chi connectivity index (χ1) is 9.85. The zero-order valence-corrected chi connectivity index (χ0v) is 12.4. The Labute approximate surface area is 122 Å². The molecule has 21 heavy (non-hydrogen) atoms. The normalized spacial score (nSPS) is 10.5. The highest BCUT2D eigenvalue weighted by atomic mass is 16.6. The van der Waals surface area contributed by atoms with Crippen LogP contribution in [0.2, 0.25) is 0 Å². The lowest BCUT2D eigenvalue weighted by Gasteiger charge is -2.24. The molecule has 0 radical (unpaired) electrons. The molecule has 0 aliphatic heterocycles. The van der Waals surface area contributed by atoms with Crippen molar-refractivity contribution in [3.05, 3.63) is 16.3 Å². The molecule has 1 amide bonds. The Kier molecular flexibility index (Phi) is 5.82. The summed E-state index contributed by atoms with van der Waals surface area (Å²) in [5.74, 6) is -0.0233. The van der Waals surface area contributed by atoms with Gasteiger partial charge in [0.2, 0.25) is 17.7 Å². The Bertz CT molecular complexity index is 520. The predicted molar refractivity (Wildman–Crippen MR) is 79.1 cm³/mol. The molecule has 9 heteroatoms. The van der Waals surface area contributed by atoms with Crippen LogP contribution in [0.4, 0.5) is 17.5 Å². The molecule has 0 fully saturated rings. The molecule has 116 valence electrons. The minimum Gasteiger partial charge on any atom is -0.368 e. The van der Waals surface area contributed by atoms with E-state index in [-0.39, 0.29) is 29.9 Å². The Morgan fingerprint density at radius 3 is 2.71 bits per heavy atom. The van der Waals surface area contributed by atoms with Crippen molar-refractivity contribution >= 4 is 23.4 Å². The lowest BCUT2D eigenvalue weighted by molar-refractivity contribution is -0.384. The van der Waals surface area contributed by atoms with Gasteiger partial charge in [0.25, 0.3) is 0 Å². The number of aromatic nitrogens is 2. The van der Waals surface area contributed by atoms with Crippen molar-refractivity contribution in [2.75, 3.05) is 29.9 Å². The van der Waals surface area contributed by atoms with Gasteiger partial charge in [-0.2, -0.15) is 4.98 Å². The minimum atomic E-state index is -0.575. The molecule has 1 rings (SSSR count). The number of rotatable bonds is 8. The molecule has 1 aromatic heterocycles. The third kappa shape index (κ3) is 4.86. The quantitative estimate of drug-likeness (QED) is 0.535. The molecular formula is C12H20N6O3. The van der Waals surface area contributed by atoms with E-state index in [0.29, 0.717) is 13.1 Å². The second-order valence-corrected chi connectivity index (χ2v) is 4.93. The van der Waals surface area contributed by atoms with Crippen molar-refractivity contribution in [3.63, 3.8) is 0 Å². The smallest absolute Gasteiger partial charge is 0.329 e. The van der Waals surface area contributed by atoms with E-state index < -0.39 is 10.8 Å². The van der Waals surface area contributed by atoms with Gasteiger partial charge < -0.3 is 16.0 Å². The maximum atomic E-state index is 11.2. The average Bonchev–Trinajstić information content (AvgIpc) is 2.36. The summed E-state index contributed by atoms with van der Waals surface area (Å²) in [5, 5.41) is 14.0. The van der Waals surface area contributed by atoms with Crippen molar-refractivity contribution in [2.24, 2.45) is 11.7 Å². The Balaban J connectivity index is 3.26. The summed E-state index contributed by atoms with van der Waals surface area (Å²) in [7, 11) is 0. The molecule has 0 saturated heterocycles. The number of carbonyl (C=O) groups excluding carboxylic acids is 1. The van der Waals surface area contributed by atoms with Gasteiger partial charge in [0.15, 0.2) is 0 Å². The van der Waals surface area contributed by atoms with Crippen molar-refractivity contribution in [1.29, 1.82) is 0 Å². The number of anilines is 2. The maximum absolute atomic E-state index is 11.2. The predicted octanol–water partition coefficient (Wildman–Crippen LogP) is 0.764. The van der Waals surface area contributed by atoms with Gasteiger partial charge in [-0.05, 0) is 12.8 Å². The van der Waals surface area contributed by atoms with Gasteiger partial charge in [0.1, 0.15) is 6.20 Å². The molecule has 0 spiro atoms. The lowest BCUT2D eigenvalue weighted by Crippen LogP contribution is -2.37. The van der Waals surface area contributed by atoms with Crippen LogP contribution >= 0.6 is 0 Å². The summed E-state index contributed by atoms with van der Waals surface area (Å²) < 4.78 is 0. The Morgan fingerprint density at radius 2 is 2.24 bits per heavy atom. The van der Waals surface area contributed by atoms with E-state index in [9.17, 15) is 14.9 Å². The summed E-state index contributed by atoms with van der Waals surface area (Å²) in [4.78, 5) is 31.3. The minimum absolute atomic E-state index is 0.0958. The molecule has 0 atom stereocenters. The monoisotopic (exact) mass is 296 g/mol. The zero-order chi connectivity index (χ0) is 16.0. The molecule has 9 nitrogen and oxygen atoms in total. The first-order valence-electron chi connectivity index (χ1n) is 6.63. The van der Waals surface area contributed by atoms with Gasteiger partial charge in [0, 0.05) is 13.1 Å². The number of nitrogens with two attached hydrogens (primary N) is 1. The van der Waals surface area contributed by atoms with E-state index in [2.05, 4.69) is 15.3 Å². The third-order valence-corrected chi connectivity index (χ3v) is 2.51. The summed E-state index contributed by atoms with van der Waals surface area (Å²) >= 11 is 0. The van der Waals surface area contributed by atoms with E-state index >= 15 is 0 Å². The van der Waals surface area contributed by atoms with E-state index in [0.717, 1.165) is 6.20 Å². The SMILES string of the molecule is CCNc1ncc([N+](=O)[O-])c(N(CC(N)=O)CC(C)C)n1. The molecule has 0 saturated carbocycles.